The van der Waals surface area contributed by atoms with Gasteiger partial charge in [0, 0.05) is 12.7 Å². The third kappa shape index (κ3) is 2.69. The average molecular weight is 283 g/mol. The summed E-state index contributed by atoms with van der Waals surface area (Å²) < 4.78 is 27.5. The van der Waals surface area contributed by atoms with E-state index < -0.39 is 10.0 Å². The number of hydrogen-bond donors (Lipinski definition) is 0. The maximum absolute atomic E-state index is 11.9. The first-order valence-corrected chi connectivity index (χ1v) is 8.67. The molecule has 0 amide bonds. The zero-order valence-corrected chi connectivity index (χ0v) is 12.1. The van der Waals surface area contributed by atoms with E-state index in [1.54, 1.807) is 4.31 Å². The van der Waals surface area contributed by atoms with Crippen LogP contribution in [0.2, 0.25) is 0 Å². The first kappa shape index (κ1) is 13.1. The van der Waals surface area contributed by atoms with Crippen molar-refractivity contribution >= 4 is 10.0 Å². The monoisotopic (exact) mass is 283 g/mol. The van der Waals surface area contributed by atoms with Gasteiger partial charge >= 0.3 is 0 Å². The zero-order valence-electron chi connectivity index (χ0n) is 11.3. The quantitative estimate of drug-likeness (QED) is 0.849. The molecule has 6 heteroatoms. The van der Waals surface area contributed by atoms with Crippen molar-refractivity contribution in [3.63, 3.8) is 0 Å². The minimum absolute atomic E-state index is 0.224. The summed E-state index contributed by atoms with van der Waals surface area (Å²) in [4.78, 5) is 0. The molecule has 0 radical (unpaired) electrons. The van der Waals surface area contributed by atoms with Crippen LogP contribution in [0.25, 0.3) is 0 Å². The second-order valence-corrected chi connectivity index (χ2v) is 7.92. The fourth-order valence-electron chi connectivity index (χ4n) is 3.16. The molecule has 0 bridgehead atoms. The Morgan fingerprint density at radius 1 is 1.37 bits per heavy atom. The van der Waals surface area contributed by atoms with Gasteiger partial charge in [0.05, 0.1) is 24.0 Å². The molecule has 2 fully saturated rings. The molecule has 1 unspecified atom stereocenters. The second-order valence-electron chi connectivity index (χ2n) is 5.90. The van der Waals surface area contributed by atoms with E-state index >= 15 is 0 Å². The first-order chi connectivity index (χ1) is 9.04. The second kappa shape index (κ2) is 4.90. The standard InChI is InChI=1S/C13H21N3O2S/c1-11-8-15(19(17,18)10-11)9-12-6-7-16(14-12)13-4-2-3-5-13/h6-7,11,13H,2-5,8-10H2,1H3. The third-order valence-electron chi connectivity index (χ3n) is 4.10. The third-order valence-corrected chi connectivity index (χ3v) is 6.16. The SMILES string of the molecule is CC1CN(Cc2ccn(C3CCCC3)n2)S(=O)(=O)C1. The fourth-order valence-corrected chi connectivity index (χ4v) is 5.00. The van der Waals surface area contributed by atoms with Crippen LogP contribution >= 0.6 is 0 Å². The largest absolute Gasteiger partial charge is 0.269 e. The Hall–Kier alpha value is -0.880. The molecular formula is C13H21N3O2S. The lowest BCUT2D eigenvalue weighted by Crippen LogP contribution is -2.25. The molecule has 0 spiro atoms. The van der Waals surface area contributed by atoms with Gasteiger partial charge in [-0.1, -0.05) is 19.8 Å². The van der Waals surface area contributed by atoms with Crippen molar-refractivity contribution in [2.75, 3.05) is 12.3 Å². The maximum atomic E-state index is 11.9. The number of hydrogen-bond acceptors (Lipinski definition) is 3. The van der Waals surface area contributed by atoms with E-state index in [1.165, 1.54) is 25.7 Å². The highest BCUT2D eigenvalue weighted by atomic mass is 32.2. The van der Waals surface area contributed by atoms with Gasteiger partial charge < -0.3 is 0 Å². The van der Waals surface area contributed by atoms with Crippen LogP contribution in [0.4, 0.5) is 0 Å². The zero-order chi connectivity index (χ0) is 13.5. The summed E-state index contributed by atoms with van der Waals surface area (Å²) >= 11 is 0. The number of rotatable bonds is 3. The van der Waals surface area contributed by atoms with E-state index in [0.717, 1.165) is 5.69 Å². The predicted octanol–water partition coefficient (Wildman–Crippen LogP) is 1.78. The van der Waals surface area contributed by atoms with Crippen LogP contribution in [0.15, 0.2) is 12.3 Å². The Bertz CT molecular complexity index is 546. The molecule has 1 aromatic heterocycles. The molecule has 2 heterocycles. The Morgan fingerprint density at radius 3 is 2.74 bits per heavy atom. The molecule has 0 N–H and O–H groups in total. The lowest BCUT2D eigenvalue weighted by molar-refractivity contribution is 0.397. The van der Waals surface area contributed by atoms with Crippen molar-refractivity contribution in [2.24, 2.45) is 5.92 Å². The summed E-state index contributed by atoms with van der Waals surface area (Å²) in [5, 5.41) is 4.56. The van der Waals surface area contributed by atoms with Crippen molar-refractivity contribution < 1.29 is 8.42 Å². The molecule has 1 atom stereocenters. The van der Waals surface area contributed by atoms with Gasteiger partial charge in [-0.2, -0.15) is 9.40 Å². The van der Waals surface area contributed by atoms with Crippen molar-refractivity contribution in [3.8, 4) is 0 Å². The highest BCUT2D eigenvalue weighted by Gasteiger charge is 2.33. The molecule has 3 rings (SSSR count). The summed E-state index contributed by atoms with van der Waals surface area (Å²) in [6.45, 7) is 3.03. The van der Waals surface area contributed by atoms with Crippen LogP contribution in [0.3, 0.4) is 0 Å². The minimum Gasteiger partial charge on any atom is -0.269 e. The lowest BCUT2D eigenvalue weighted by atomic mass is 10.2. The maximum Gasteiger partial charge on any atom is 0.214 e. The highest BCUT2D eigenvalue weighted by molar-refractivity contribution is 7.89. The predicted molar refractivity (Wildman–Crippen MR) is 73.1 cm³/mol. The Labute approximate surface area is 114 Å². The molecule has 1 aliphatic heterocycles. The van der Waals surface area contributed by atoms with Gasteiger partial charge in [0.15, 0.2) is 0 Å². The van der Waals surface area contributed by atoms with Crippen LogP contribution in [-0.2, 0) is 16.6 Å². The number of sulfonamides is 1. The van der Waals surface area contributed by atoms with Gasteiger partial charge in [0.2, 0.25) is 10.0 Å². The molecular weight excluding hydrogens is 262 g/mol. The van der Waals surface area contributed by atoms with Crippen molar-refractivity contribution in [2.45, 2.75) is 45.2 Å². The topological polar surface area (TPSA) is 55.2 Å². The Balaban J connectivity index is 1.70. The molecule has 1 saturated carbocycles. The molecule has 1 aromatic rings. The van der Waals surface area contributed by atoms with Gasteiger partial charge in [-0.15, -0.1) is 0 Å². The van der Waals surface area contributed by atoms with E-state index in [4.69, 9.17) is 0 Å². The summed E-state index contributed by atoms with van der Waals surface area (Å²) in [6, 6.07) is 2.47. The Morgan fingerprint density at radius 2 is 2.11 bits per heavy atom. The van der Waals surface area contributed by atoms with Crippen LogP contribution < -0.4 is 0 Å². The van der Waals surface area contributed by atoms with Gasteiger partial charge in [-0.25, -0.2) is 8.42 Å². The van der Waals surface area contributed by atoms with E-state index in [0.29, 0.717) is 19.1 Å². The van der Waals surface area contributed by atoms with E-state index in [2.05, 4.69) is 5.10 Å². The molecule has 1 aliphatic carbocycles. The van der Waals surface area contributed by atoms with Gasteiger partial charge in [0.25, 0.3) is 0 Å². The van der Waals surface area contributed by atoms with Crippen molar-refractivity contribution in [3.05, 3.63) is 18.0 Å². The number of nitrogens with zero attached hydrogens (tertiary/aromatic N) is 3. The summed E-state index contributed by atoms with van der Waals surface area (Å²) in [5.41, 5.74) is 0.865. The molecule has 1 saturated heterocycles. The van der Waals surface area contributed by atoms with Crippen LogP contribution in [-0.4, -0.2) is 34.8 Å². The molecule has 0 aromatic carbocycles. The summed E-state index contributed by atoms with van der Waals surface area (Å²) in [6.07, 6.45) is 6.94. The van der Waals surface area contributed by atoms with E-state index in [9.17, 15) is 8.42 Å². The first-order valence-electron chi connectivity index (χ1n) is 7.06. The summed E-state index contributed by atoms with van der Waals surface area (Å²) in [7, 11) is -3.06. The number of aromatic nitrogens is 2. The fraction of sp³-hybridized carbons (Fsp3) is 0.769. The molecule has 2 aliphatic rings. The van der Waals surface area contributed by atoms with Gasteiger partial charge in [-0.05, 0) is 24.8 Å². The summed E-state index contributed by atoms with van der Waals surface area (Å²) in [5.74, 6) is 0.498. The van der Waals surface area contributed by atoms with E-state index in [1.807, 2.05) is 23.9 Å². The van der Waals surface area contributed by atoms with Crippen molar-refractivity contribution in [1.82, 2.24) is 14.1 Å². The molecule has 5 nitrogen and oxygen atoms in total. The smallest absolute Gasteiger partial charge is 0.214 e. The molecule has 106 valence electrons. The normalized spacial score (nSPS) is 28.2. The van der Waals surface area contributed by atoms with Crippen molar-refractivity contribution in [1.29, 1.82) is 0 Å². The van der Waals surface area contributed by atoms with Crippen LogP contribution in [0, 0.1) is 5.92 Å². The van der Waals surface area contributed by atoms with Crippen LogP contribution in [0.1, 0.15) is 44.3 Å². The van der Waals surface area contributed by atoms with Gasteiger partial charge in [-0.3, -0.25) is 4.68 Å². The van der Waals surface area contributed by atoms with Crippen LogP contribution in [0.5, 0.6) is 0 Å². The highest BCUT2D eigenvalue weighted by Crippen LogP contribution is 2.29. The minimum atomic E-state index is -3.06. The van der Waals surface area contributed by atoms with E-state index in [-0.39, 0.29) is 11.7 Å². The Kier molecular flexibility index (Phi) is 3.39. The average Bonchev–Trinajstić information content (AvgIpc) is 3.00. The molecule has 19 heavy (non-hydrogen) atoms. The van der Waals surface area contributed by atoms with Gasteiger partial charge in [0.1, 0.15) is 0 Å². The lowest BCUT2D eigenvalue weighted by Gasteiger charge is -2.13.